The van der Waals surface area contributed by atoms with E-state index in [2.05, 4.69) is 22.3 Å². The lowest BCUT2D eigenvalue weighted by Gasteiger charge is -2.27. The number of ether oxygens (including phenoxy) is 1. The lowest BCUT2D eigenvalue weighted by atomic mass is 10.1. The molecule has 0 saturated carbocycles. The lowest BCUT2D eigenvalue weighted by Crippen LogP contribution is -2.35. The van der Waals surface area contributed by atoms with Crippen molar-refractivity contribution in [3.63, 3.8) is 0 Å². The monoisotopic (exact) mass is 310 g/mol. The number of hydrogen-bond donors (Lipinski definition) is 0. The molecule has 1 atom stereocenters. The molecule has 1 aromatic rings. The molecule has 4 nitrogen and oxygen atoms in total. The van der Waals surface area contributed by atoms with Gasteiger partial charge in [0.25, 0.3) is 0 Å². The summed E-state index contributed by atoms with van der Waals surface area (Å²) in [6.07, 6.45) is 3.79. The van der Waals surface area contributed by atoms with Crippen molar-refractivity contribution in [2.75, 3.05) is 38.3 Å². The van der Waals surface area contributed by atoms with Gasteiger partial charge in [-0.15, -0.1) is 0 Å². The molecule has 1 heterocycles. The van der Waals surface area contributed by atoms with E-state index >= 15 is 0 Å². The van der Waals surface area contributed by atoms with E-state index in [9.17, 15) is 4.21 Å². The summed E-state index contributed by atoms with van der Waals surface area (Å²) < 4.78 is 22.5. The Labute approximate surface area is 128 Å². The van der Waals surface area contributed by atoms with Crippen molar-refractivity contribution in [3.8, 4) is 0 Å². The highest BCUT2D eigenvalue weighted by Crippen LogP contribution is 2.23. The zero-order chi connectivity index (χ0) is 15.1. The van der Waals surface area contributed by atoms with Crippen molar-refractivity contribution in [2.24, 2.45) is 4.36 Å². The highest BCUT2D eigenvalue weighted by molar-refractivity contribution is 7.93. The van der Waals surface area contributed by atoms with Gasteiger partial charge >= 0.3 is 0 Å². The van der Waals surface area contributed by atoms with E-state index in [-0.39, 0.29) is 0 Å². The van der Waals surface area contributed by atoms with Crippen LogP contribution < -0.4 is 0 Å². The zero-order valence-electron chi connectivity index (χ0n) is 13.1. The molecule has 0 bridgehead atoms. The van der Waals surface area contributed by atoms with Gasteiger partial charge in [-0.1, -0.05) is 31.5 Å². The number of unbranched alkanes of at least 4 members (excludes halogenated alkanes) is 1. The summed E-state index contributed by atoms with van der Waals surface area (Å²) >= 11 is 0. The Morgan fingerprint density at radius 1 is 1.29 bits per heavy atom. The molecular weight excluding hydrogens is 284 g/mol. The second-order valence-electron chi connectivity index (χ2n) is 5.63. The highest BCUT2D eigenvalue weighted by Gasteiger charge is 2.13. The first-order valence-corrected chi connectivity index (χ1v) is 9.78. The van der Waals surface area contributed by atoms with Gasteiger partial charge in [0.1, 0.15) is 0 Å². The molecule has 0 amide bonds. The van der Waals surface area contributed by atoms with Crippen LogP contribution in [0.4, 0.5) is 5.69 Å². The van der Waals surface area contributed by atoms with Crippen LogP contribution in [0.5, 0.6) is 0 Å². The van der Waals surface area contributed by atoms with E-state index in [4.69, 9.17) is 4.74 Å². The van der Waals surface area contributed by atoms with Gasteiger partial charge in [-0.3, -0.25) is 4.90 Å². The standard InChI is InChI=1S/C16H26N2O2S/c1-3-4-13-21(2,19)17-16-8-6-5-7-15(16)14-18-9-11-20-12-10-18/h5-8H,3-4,9-14H2,1-2H3. The van der Waals surface area contributed by atoms with Crippen molar-refractivity contribution >= 4 is 15.4 Å². The third-order valence-corrected chi connectivity index (χ3v) is 5.29. The van der Waals surface area contributed by atoms with Crippen molar-refractivity contribution in [1.82, 2.24) is 4.90 Å². The number of benzene rings is 1. The number of hydrogen-bond acceptors (Lipinski definition) is 4. The Balaban J connectivity index is 2.16. The first kappa shape index (κ1) is 16.5. The molecule has 5 heteroatoms. The maximum absolute atomic E-state index is 12.6. The summed E-state index contributed by atoms with van der Waals surface area (Å²) in [7, 11) is -2.13. The van der Waals surface area contributed by atoms with Crippen LogP contribution in [0.1, 0.15) is 25.3 Å². The van der Waals surface area contributed by atoms with Gasteiger partial charge in [0.2, 0.25) is 0 Å². The smallest absolute Gasteiger partial charge is 0.0775 e. The van der Waals surface area contributed by atoms with Crippen LogP contribution in [0.25, 0.3) is 0 Å². The molecule has 1 aromatic carbocycles. The van der Waals surface area contributed by atoms with Crippen LogP contribution in [-0.2, 0) is 21.0 Å². The third kappa shape index (κ3) is 5.41. The molecule has 1 aliphatic rings. The van der Waals surface area contributed by atoms with Gasteiger partial charge in [-0.05, 0) is 18.1 Å². The molecule has 21 heavy (non-hydrogen) atoms. The van der Waals surface area contributed by atoms with Gasteiger partial charge < -0.3 is 4.74 Å². The van der Waals surface area contributed by atoms with Gasteiger partial charge in [0, 0.05) is 41.4 Å². The fourth-order valence-corrected chi connectivity index (χ4v) is 3.91. The molecule has 0 radical (unpaired) electrons. The van der Waals surface area contributed by atoms with Crippen molar-refractivity contribution in [2.45, 2.75) is 26.3 Å². The van der Waals surface area contributed by atoms with Crippen LogP contribution in [0.2, 0.25) is 0 Å². The Hall–Kier alpha value is -0.910. The molecule has 1 saturated heterocycles. The predicted molar refractivity (Wildman–Crippen MR) is 88.5 cm³/mol. The molecule has 0 spiro atoms. The van der Waals surface area contributed by atoms with Gasteiger partial charge in [0.05, 0.1) is 18.9 Å². The molecule has 0 aliphatic carbocycles. The molecule has 118 valence electrons. The number of morpholine rings is 1. The summed E-state index contributed by atoms with van der Waals surface area (Å²) in [5.74, 6) is 0.676. The fraction of sp³-hybridized carbons (Fsp3) is 0.625. The van der Waals surface area contributed by atoms with Gasteiger partial charge in [-0.2, -0.15) is 4.36 Å². The fourth-order valence-electron chi connectivity index (χ4n) is 2.40. The van der Waals surface area contributed by atoms with Gasteiger partial charge in [0.15, 0.2) is 0 Å². The lowest BCUT2D eigenvalue weighted by molar-refractivity contribution is 0.0342. The molecule has 1 fully saturated rings. The average molecular weight is 310 g/mol. The van der Waals surface area contributed by atoms with Crippen LogP contribution in [0.15, 0.2) is 28.6 Å². The number of nitrogens with zero attached hydrogens (tertiary/aromatic N) is 2. The quantitative estimate of drug-likeness (QED) is 0.811. The molecule has 1 aliphatic heterocycles. The van der Waals surface area contributed by atoms with Gasteiger partial charge in [-0.25, -0.2) is 4.21 Å². The van der Waals surface area contributed by atoms with Crippen LogP contribution in [0, 0.1) is 0 Å². The number of rotatable bonds is 6. The molecule has 1 unspecified atom stereocenters. The maximum atomic E-state index is 12.6. The Morgan fingerprint density at radius 2 is 2.00 bits per heavy atom. The predicted octanol–water partition coefficient (Wildman–Crippen LogP) is 3.05. The normalized spacial score (nSPS) is 19.1. The summed E-state index contributed by atoms with van der Waals surface area (Å²) in [6.45, 7) is 6.45. The summed E-state index contributed by atoms with van der Waals surface area (Å²) in [4.78, 5) is 2.36. The first-order chi connectivity index (χ1) is 10.1. The van der Waals surface area contributed by atoms with Crippen LogP contribution in [0.3, 0.4) is 0 Å². The summed E-state index contributed by atoms with van der Waals surface area (Å²) in [5, 5.41) is 0. The van der Waals surface area contributed by atoms with E-state index in [0.29, 0.717) is 5.75 Å². The van der Waals surface area contributed by atoms with Crippen molar-refractivity contribution < 1.29 is 8.95 Å². The maximum Gasteiger partial charge on any atom is 0.0775 e. The van der Waals surface area contributed by atoms with E-state index in [1.807, 2.05) is 18.2 Å². The van der Waals surface area contributed by atoms with E-state index < -0.39 is 9.73 Å². The molecule has 0 aromatic heterocycles. The Bertz CT molecular complexity index is 559. The highest BCUT2D eigenvalue weighted by atomic mass is 32.2. The minimum absolute atomic E-state index is 0.676. The van der Waals surface area contributed by atoms with Crippen LogP contribution in [-0.4, -0.2) is 47.4 Å². The SMILES string of the molecule is CCCCS(C)(=O)=Nc1ccccc1CN1CCOCC1. The minimum atomic E-state index is -2.13. The first-order valence-electron chi connectivity index (χ1n) is 7.68. The van der Waals surface area contributed by atoms with Crippen molar-refractivity contribution in [3.05, 3.63) is 29.8 Å². The topological polar surface area (TPSA) is 41.9 Å². The van der Waals surface area contributed by atoms with E-state index in [0.717, 1.165) is 56.9 Å². The zero-order valence-corrected chi connectivity index (χ0v) is 13.9. The molecule has 0 N–H and O–H groups in total. The summed E-state index contributed by atoms with van der Waals surface area (Å²) in [5.41, 5.74) is 2.04. The van der Waals surface area contributed by atoms with Crippen molar-refractivity contribution in [1.29, 1.82) is 0 Å². The Morgan fingerprint density at radius 3 is 2.71 bits per heavy atom. The largest absolute Gasteiger partial charge is 0.379 e. The van der Waals surface area contributed by atoms with E-state index in [1.54, 1.807) is 6.26 Å². The average Bonchev–Trinajstić information content (AvgIpc) is 2.48. The van der Waals surface area contributed by atoms with E-state index in [1.165, 1.54) is 0 Å². The molecule has 2 rings (SSSR count). The Kier molecular flexibility index (Phi) is 6.21. The second kappa shape index (κ2) is 7.92. The molecular formula is C16H26N2O2S. The minimum Gasteiger partial charge on any atom is -0.379 e. The van der Waals surface area contributed by atoms with Crippen LogP contribution >= 0.6 is 0 Å². The summed E-state index contributed by atoms with van der Waals surface area (Å²) in [6, 6.07) is 8.06. The third-order valence-electron chi connectivity index (χ3n) is 3.66. The second-order valence-corrected chi connectivity index (χ2v) is 8.14.